The van der Waals surface area contributed by atoms with E-state index in [-0.39, 0.29) is 5.69 Å². The Morgan fingerprint density at radius 3 is 2.76 bits per heavy atom. The topological polar surface area (TPSA) is 76.7 Å². The molecule has 6 nitrogen and oxygen atoms in total. The van der Waals surface area contributed by atoms with Crippen LogP contribution < -0.4 is 5.69 Å². The van der Waals surface area contributed by atoms with Gasteiger partial charge in [-0.1, -0.05) is 30.0 Å². The summed E-state index contributed by atoms with van der Waals surface area (Å²) in [4.78, 5) is 15.8. The minimum atomic E-state index is -0.223. The Balaban J connectivity index is 1.79. The fourth-order valence-corrected chi connectivity index (χ4v) is 2.78. The summed E-state index contributed by atoms with van der Waals surface area (Å²) in [7, 11) is 1.68. The number of H-pyrrole nitrogens is 1. The van der Waals surface area contributed by atoms with E-state index in [1.807, 2.05) is 37.3 Å². The van der Waals surface area contributed by atoms with E-state index < -0.39 is 0 Å². The molecule has 0 amide bonds. The molecule has 0 bridgehead atoms. The lowest BCUT2D eigenvalue weighted by molar-refractivity contribution is 0.540. The van der Waals surface area contributed by atoms with E-state index in [9.17, 15) is 4.79 Å². The highest BCUT2D eigenvalue weighted by molar-refractivity contribution is 7.98. The maximum Gasteiger partial charge on any atom is 0.343 e. The van der Waals surface area contributed by atoms with Gasteiger partial charge in [0, 0.05) is 18.4 Å². The highest BCUT2D eigenvalue weighted by atomic mass is 32.2. The van der Waals surface area contributed by atoms with Gasteiger partial charge < -0.3 is 4.42 Å². The van der Waals surface area contributed by atoms with Crippen LogP contribution in [-0.4, -0.2) is 19.7 Å². The van der Waals surface area contributed by atoms with Crippen LogP contribution in [0.2, 0.25) is 0 Å². The third-order valence-corrected chi connectivity index (χ3v) is 4.13. The number of aryl methyl sites for hydroxylation is 1. The second-order valence-electron chi connectivity index (χ2n) is 4.55. The van der Waals surface area contributed by atoms with Crippen LogP contribution in [0.15, 0.2) is 44.7 Å². The summed E-state index contributed by atoms with van der Waals surface area (Å²) in [6.07, 6.45) is 0. The summed E-state index contributed by atoms with van der Waals surface area (Å²) in [6.45, 7) is 1.89. The number of aromatic nitrogens is 4. The molecule has 0 saturated heterocycles. The Morgan fingerprint density at radius 2 is 2.10 bits per heavy atom. The van der Waals surface area contributed by atoms with Crippen LogP contribution in [0.5, 0.6) is 0 Å². The van der Waals surface area contributed by atoms with Crippen LogP contribution in [-0.2, 0) is 12.8 Å². The Hall–Kier alpha value is -2.28. The first kappa shape index (κ1) is 13.7. The molecule has 2 aromatic heterocycles. The van der Waals surface area contributed by atoms with E-state index in [0.717, 1.165) is 17.0 Å². The van der Waals surface area contributed by atoms with Gasteiger partial charge >= 0.3 is 5.69 Å². The van der Waals surface area contributed by atoms with Gasteiger partial charge in [-0.15, -0.1) is 5.10 Å². The zero-order valence-electron chi connectivity index (χ0n) is 11.7. The third kappa shape index (κ3) is 2.78. The Bertz CT molecular complexity index is 804. The number of thioether (sulfide) groups is 1. The van der Waals surface area contributed by atoms with Crippen molar-refractivity contribution in [2.45, 2.75) is 17.8 Å². The normalized spacial score (nSPS) is 11.0. The standard InChI is InChI=1S/C14H14N4O2S/c1-9-11(8-21-14-17-16-13(19)18(14)2)15-12(20-9)10-6-4-3-5-7-10/h3-7H,8H2,1-2H3,(H,16,19). The lowest BCUT2D eigenvalue weighted by Crippen LogP contribution is -2.12. The van der Waals surface area contributed by atoms with Gasteiger partial charge in [-0.05, 0) is 19.1 Å². The van der Waals surface area contributed by atoms with Crippen LogP contribution in [0.1, 0.15) is 11.5 Å². The molecule has 21 heavy (non-hydrogen) atoms. The zero-order chi connectivity index (χ0) is 14.8. The Morgan fingerprint density at radius 1 is 1.33 bits per heavy atom. The zero-order valence-corrected chi connectivity index (χ0v) is 12.5. The Labute approximate surface area is 125 Å². The third-order valence-electron chi connectivity index (χ3n) is 3.09. The maximum absolute atomic E-state index is 11.3. The molecular weight excluding hydrogens is 288 g/mol. The highest BCUT2D eigenvalue weighted by Crippen LogP contribution is 2.25. The maximum atomic E-state index is 11.3. The van der Waals surface area contributed by atoms with Crippen molar-refractivity contribution in [3.05, 3.63) is 52.3 Å². The number of benzene rings is 1. The van der Waals surface area contributed by atoms with E-state index in [1.165, 1.54) is 16.3 Å². The van der Waals surface area contributed by atoms with Crippen molar-refractivity contribution in [2.24, 2.45) is 7.05 Å². The van der Waals surface area contributed by atoms with Gasteiger partial charge in [-0.25, -0.2) is 14.9 Å². The number of oxazole rings is 1. The predicted molar refractivity (Wildman–Crippen MR) is 80.1 cm³/mol. The monoisotopic (exact) mass is 302 g/mol. The molecule has 0 saturated carbocycles. The number of hydrogen-bond donors (Lipinski definition) is 1. The minimum Gasteiger partial charge on any atom is -0.441 e. The van der Waals surface area contributed by atoms with Gasteiger partial charge in [0.05, 0.1) is 5.69 Å². The summed E-state index contributed by atoms with van der Waals surface area (Å²) in [5.41, 5.74) is 1.58. The molecule has 2 heterocycles. The Kier molecular flexibility index (Phi) is 3.66. The largest absolute Gasteiger partial charge is 0.441 e. The van der Waals surface area contributed by atoms with Gasteiger partial charge in [0.1, 0.15) is 5.76 Å². The fourth-order valence-electron chi connectivity index (χ4n) is 1.86. The van der Waals surface area contributed by atoms with E-state index in [1.54, 1.807) is 7.05 Å². The van der Waals surface area contributed by atoms with Crippen molar-refractivity contribution < 1.29 is 4.42 Å². The summed E-state index contributed by atoms with van der Waals surface area (Å²) < 4.78 is 7.17. The summed E-state index contributed by atoms with van der Waals surface area (Å²) in [5, 5.41) is 7.00. The molecule has 0 aliphatic rings. The molecule has 0 unspecified atom stereocenters. The van der Waals surface area contributed by atoms with Crippen LogP contribution >= 0.6 is 11.8 Å². The number of nitrogens with zero attached hydrogens (tertiary/aromatic N) is 3. The molecule has 0 aliphatic heterocycles. The summed E-state index contributed by atoms with van der Waals surface area (Å²) in [5.74, 6) is 1.99. The molecule has 1 N–H and O–H groups in total. The van der Waals surface area contributed by atoms with Gasteiger partial charge in [0.15, 0.2) is 5.16 Å². The van der Waals surface area contributed by atoms with Crippen molar-refractivity contribution in [3.63, 3.8) is 0 Å². The van der Waals surface area contributed by atoms with E-state index in [4.69, 9.17) is 4.42 Å². The molecule has 0 aliphatic carbocycles. The lowest BCUT2D eigenvalue weighted by atomic mass is 10.2. The number of rotatable bonds is 4. The fraction of sp³-hybridized carbons (Fsp3) is 0.214. The molecule has 0 radical (unpaired) electrons. The molecule has 1 aromatic carbocycles. The van der Waals surface area contributed by atoms with Gasteiger partial charge in [-0.2, -0.15) is 0 Å². The van der Waals surface area contributed by atoms with Gasteiger partial charge in [0.2, 0.25) is 5.89 Å². The van der Waals surface area contributed by atoms with E-state index >= 15 is 0 Å². The predicted octanol–water partition coefficient (Wildman–Crippen LogP) is 2.36. The number of nitrogens with one attached hydrogen (secondary N) is 1. The molecule has 0 spiro atoms. The average molecular weight is 302 g/mol. The lowest BCUT2D eigenvalue weighted by Gasteiger charge is -1.97. The second kappa shape index (κ2) is 5.61. The number of aromatic amines is 1. The van der Waals surface area contributed by atoms with Crippen molar-refractivity contribution in [3.8, 4) is 11.5 Å². The van der Waals surface area contributed by atoms with E-state index in [0.29, 0.717) is 16.8 Å². The van der Waals surface area contributed by atoms with Gasteiger partial charge in [0.25, 0.3) is 0 Å². The number of hydrogen-bond acceptors (Lipinski definition) is 5. The molecule has 0 atom stereocenters. The molecule has 108 valence electrons. The smallest absolute Gasteiger partial charge is 0.343 e. The van der Waals surface area contributed by atoms with E-state index in [2.05, 4.69) is 15.2 Å². The first-order chi connectivity index (χ1) is 10.1. The van der Waals surface area contributed by atoms with Crippen LogP contribution in [0.25, 0.3) is 11.5 Å². The molecule has 3 aromatic rings. The second-order valence-corrected chi connectivity index (χ2v) is 5.49. The molecule has 3 rings (SSSR count). The summed E-state index contributed by atoms with van der Waals surface area (Å²) in [6, 6.07) is 9.76. The van der Waals surface area contributed by atoms with Crippen LogP contribution in [0, 0.1) is 6.92 Å². The van der Waals surface area contributed by atoms with Crippen molar-refractivity contribution >= 4 is 11.8 Å². The summed E-state index contributed by atoms with van der Waals surface area (Å²) >= 11 is 1.44. The van der Waals surface area contributed by atoms with Crippen molar-refractivity contribution in [2.75, 3.05) is 0 Å². The quantitative estimate of drug-likeness (QED) is 0.749. The first-order valence-corrected chi connectivity index (χ1v) is 7.39. The first-order valence-electron chi connectivity index (χ1n) is 6.41. The molecule has 7 heteroatoms. The van der Waals surface area contributed by atoms with Gasteiger partial charge in [-0.3, -0.25) is 4.57 Å². The van der Waals surface area contributed by atoms with Crippen LogP contribution in [0.3, 0.4) is 0 Å². The molecular formula is C14H14N4O2S. The van der Waals surface area contributed by atoms with Crippen molar-refractivity contribution in [1.82, 2.24) is 19.7 Å². The SMILES string of the molecule is Cc1oc(-c2ccccc2)nc1CSc1n[nH]c(=O)n1C. The minimum absolute atomic E-state index is 0.223. The molecule has 0 fully saturated rings. The van der Waals surface area contributed by atoms with Crippen molar-refractivity contribution in [1.29, 1.82) is 0 Å². The average Bonchev–Trinajstić information content (AvgIpc) is 3.02. The van der Waals surface area contributed by atoms with Crippen LogP contribution in [0.4, 0.5) is 0 Å². The highest BCUT2D eigenvalue weighted by Gasteiger charge is 2.13.